The standard InChI is InChI=1S/C22H41NO4/c1-6-21(4)16-18(17(3)22(5,7-2)23-21)27-20(26)15-13-11-9-8-10-12-14-19(24)25/h17-18,23H,6-16H2,1-5H3,(H,24,25). The molecule has 0 bridgehead atoms. The number of unbranched alkanes of at least 4 members (excludes halogenated alkanes) is 5. The molecular weight excluding hydrogens is 342 g/mol. The van der Waals surface area contributed by atoms with E-state index >= 15 is 0 Å². The van der Waals surface area contributed by atoms with E-state index in [1.807, 2.05) is 0 Å². The van der Waals surface area contributed by atoms with Crippen LogP contribution in [0.2, 0.25) is 0 Å². The molecule has 0 aromatic rings. The first kappa shape index (κ1) is 23.9. The van der Waals surface area contributed by atoms with Gasteiger partial charge in [0.05, 0.1) is 0 Å². The van der Waals surface area contributed by atoms with Crippen LogP contribution in [0.4, 0.5) is 0 Å². The molecule has 2 N–H and O–H groups in total. The molecule has 0 saturated carbocycles. The first-order valence-corrected chi connectivity index (χ1v) is 10.9. The zero-order valence-corrected chi connectivity index (χ0v) is 18.1. The topological polar surface area (TPSA) is 75.6 Å². The van der Waals surface area contributed by atoms with Crippen molar-refractivity contribution < 1.29 is 19.4 Å². The van der Waals surface area contributed by atoms with Gasteiger partial charge in [0.1, 0.15) is 6.10 Å². The number of esters is 1. The number of ether oxygens (including phenoxy) is 1. The number of carboxylic acids is 1. The van der Waals surface area contributed by atoms with Crippen LogP contribution in [0, 0.1) is 5.92 Å². The third kappa shape index (κ3) is 7.81. The van der Waals surface area contributed by atoms with Crippen molar-refractivity contribution in [1.29, 1.82) is 0 Å². The molecule has 27 heavy (non-hydrogen) atoms. The average molecular weight is 384 g/mol. The van der Waals surface area contributed by atoms with Crippen molar-refractivity contribution in [2.75, 3.05) is 0 Å². The molecule has 5 heteroatoms. The maximum Gasteiger partial charge on any atom is 0.306 e. The van der Waals surface area contributed by atoms with Crippen molar-refractivity contribution in [3.8, 4) is 0 Å². The molecule has 1 saturated heterocycles. The number of piperidine rings is 1. The van der Waals surface area contributed by atoms with Crippen LogP contribution in [-0.4, -0.2) is 34.2 Å². The molecular formula is C22H41NO4. The second-order valence-electron chi connectivity index (χ2n) is 8.85. The van der Waals surface area contributed by atoms with E-state index in [-0.39, 0.29) is 29.6 Å². The van der Waals surface area contributed by atoms with Crippen molar-refractivity contribution >= 4 is 11.9 Å². The van der Waals surface area contributed by atoms with Gasteiger partial charge < -0.3 is 15.2 Å². The highest BCUT2D eigenvalue weighted by atomic mass is 16.5. The molecule has 0 amide bonds. The van der Waals surface area contributed by atoms with E-state index in [0.29, 0.717) is 12.3 Å². The van der Waals surface area contributed by atoms with Crippen LogP contribution in [0.15, 0.2) is 0 Å². The zero-order valence-electron chi connectivity index (χ0n) is 18.1. The molecule has 1 aliphatic heterocycles. The van der Waals surface area contributed by atoms with Gasteiger partial charge in [-0.15, -0.1) is 0 Å². The second-order valence-corrected chi connectivity index (χ2v) is 8.85. The van der Waals surface area contributed by atoms with Gasteiger partial charge in [-0.2, -0.15) is 0 Å². The Morgan fingerprint density at radius 1 is 1.00 bits per heavy atom. The lowest BCUT2D eigenvalue weighted by Gasteiger charge is -2.52. The van der Waals surface area contributed by atoms with Crippen molar-refractivity contribution in [3.05, 3.63) is 0 Å². The van der Waals surface area contributed by atoms with Gasteiger partial charge in [-0.1, -0.05) is 46.5 Å². The lowest BCUT2D eigenvalue weighted by atomic mass is 9.70. The summed E-state index contributed by atoms with van der Waals surface area (Å²) in [4.78, 5) is 22.8. The number of carbonyl (C=O) groups is 2. The summed E-state index contributed by atoms with van der Waals surface area (Å²) in [6, 6.07) is 0. The smallest absolute Gasteiger partial charge is 0.306 e. The average Bonchev–Trinajstić information content (AvgIpc) is 2.61. The Morgan fingerprint density at radius 2 is 1.56 bits per heavy atom. The molecule has 0 aromatic carbocycles. The molecule has 1 rings (SSSR count). The summed E-state index contributed by atoms with van der Waals surface area (Å²) in [6.07, 6.45) is 9.27. The zero-order chi connectivity index (χ0) is 20.5. The lowest BCUT2D eigenvalue weighted by Crippen LogP contribution is -2.66. The minimum absolute atomic E-state index is 0.0100. The van der Waals surface area contributed by atoms with Crippen LogP contribution in [0.25, 0.3) is 0 Å². The van der Waals surface area contributed by atoms with Crippen LogP contribution < -0.4 is 5.32 Å². The van der Waals surface area contributed by atoms with Gasteiger partial charge in [0.15, 0.2) is 0 Å². The maximum absolute atomic E-state index is 12.4. The van der Waals surface area contributed by atoms with Gasteiger partial charge in [-0.25, -0.2) is 0 Å². The largest absolute Gasteiger partial charge is 0.481 e. The number of hydrogen-bond acceptors (Lipinski definition) is 4. The van der Waals surface area contributed by atoms with E-state index in [2.05, 4.69) is 39.9 Å². The SMILES string of the molecule is CCC1(C)CC(OC(=O)CCCCCCCCC(=O)O)C(C)C(C)(CC)N1. The fourth-order valence-corrected chi connectivity index (χ4v) is 4.15. The van der Waals surface area contributed by atoms with Gasteiger partial charge in [-0.05, 0) is 39.5 Å². The highest BCUT2D eigenvalue weighted by Gasteiger charge is 2.47. The summed E-state index contributed by atoms with van der Waals surface area (Å²) in [6.45, 7) is 11.1. The predicted molar refractivity (Wildman–Crippen MR) is 109 cm³/mol. The summed E-state index contributed by atoms with van der Waals surface area (Å²) in [5.41, 5.74) is 0.00206. The van der Waals surface area contributed by atoms with Crippen LogP contribution in [-0.2, 0) is 14.3 Å². The van der Waals surface area contributed by atoms with E-state index in [9.17, 15) is 9.59 Å². The molecule has 0 spiro atoms. The Bertz CT molecular complexity index is 481. The monoisotopic (exact) mass is 383 g/mol. The Hall–Kier alpha value is -1.10. The van der Waals surface area contributed by atoms with Crippen LogP contribution >= 0.6 is 0 Å². The van der Waals surface area contributed by atoms with E-state index in [1.54, 1.807) is 0 Å². The highest BCUT2D eigenvalue weighted by molar-refractivity contribution is 5.69. The van der Waals surface area contributed by atoms with Crippen LogP contribution in [0.1, 0.15) is 105 Å². The predicted octanol–water partition coefficient (Wildman–Crippen LogP) is 5.07. The Balaban J connectivity index is 2.34. The van der Waals surface area contributed by atoms with Crippen LogP contribution in [0.5, 0.6) is 0 Å². The molecule has 1 heterocycles. The Morgan fingerprint density at radius 3 is 2.07 bits per heavy atom. The van der Waals surface area contributed by atoms with E-state index in [1.165, 1.54) is 0 Å². The summed E-state index contributed by atoms with van der Waals surface area (Å²) >= 11 is 0. The normalized spacial score (nSPS) is 30.9. The van der Waals surface area contributed by atoms with Crippen molar-refractivity contribution in [2.45, 2.75) is 122 Å². The quantitative estimate of drug-likeness (QED) is 0.363. The Kier molecular flexibility index (Phi) is 9.78. The maximum atomic E-state index is 12.4. The molecule has 4 atom stereocenters. The molecule has 1 aliphatic rings. The number of carboxylic acid groups (broad SMARTS) is 1. The number of aliphatic carboxylic acids is 1. The van der Waals surface area contributed by atoms with E-state index in [4.69, 9.17) is 9.84 Å². The van der Waals surface area contributed by atoms with Gasteiger partial charge in [0.25, 0.3) is 0 Å². The number of carbonyl (C=O) groups excluding carboxylic acids is 1. The summed E-state index contributed by atoms with van der Waals surface area (Å²) in [5, 5.41) is 12.4. The molecule has 4 unspecified atom stereocenters. The van der Waals surface area contributed by atoms with Crippen molar-refractivity contribution in [3.63, 3.8) is 0 Å². The van der Waals surface area contributed by atoms with Crippen molar-refractivity contribution in [2.24, 2.45) is 5.92 Å². The number of rotatable bonds is 12. The minimum Gasteiger partial charge on any atom is -0.481 e. The van der Waals surface area contributed by atoms with Crippen LogP contribution in [0.3, 0.4) is 0 Å². The highest BCUT2D eigenvalue weighted by Crippen LogP contribution is 2.38. The summed E-state index contributed by atoms with van der Waals surface area (Å²) in [7, 11) is 0. The first-order valence-electron chi connectivity index (χ1n) is 10.9. The van der Waals surface area contributed by atoms with Gasteiger partial charge in [-0.3, -0.25) is 9.59 Å². The Labute approximate surface area is 165 Å². The van der Waals surface area contributed by atoms with Gasteiger partial charge in [0.2, 0.25) is 0 Å². The number of nitrogens with one attached hydrogen (secondary N) is 1. The third-order valence-corrected chi connectivity index (χ3v) is 6.62. The number of hydrogen-bond donors (Lipinski definition) is 2. The molecule has 0 radical (unpaired) electrons. The van der Waals surface area contributed by atoms with Crippen molar-refractivity contribution in [1.82, 2.24) is 5.32 Å². The minimum atomic E-state index is -0.719. The van der Waals surface area contributed by atoms with E-state index in [0.717, 1.165) is 57.8 Å². The fourth-order valence-electron chi connectivity index (χ4n) is 4.15. The van der Waals surface area contributed by atoms with Gasteiger partial charge >= 0.3 is 11.9 Å². The molecule has 5 nitrogen and oxygen atoms in total. The summed E-state index contributed by atoms with van der Waals surface area (Å²) < 4.78 is 5.93. The summed E-state index contributed by atoms with van der Waals surface area (Å²) in [5.74, 6) is -0.500. The second kappa shape index (κ2) is 11.0. The fraction of sp³-hybridized carbons (Fsp3) is 0.909. The lowest BCUT2D eigenvalue weighted by molar-refractivity contribution is -0.159. The van der Waals surface area contributed by atoms with Gasteiger partial charge in [0, 0.05) is 36.3 Å². The molecule has 1 fully saturated rings. The first-order chi connectivity index (χ1) is 12.7. The third-order valence-electron chi connectivity index (χ3n) is 6.62. The molecule has 158 valence electrons. The molecule has 0 aromatic heterocycles. The molecule has 0 aliphatic carbocycles. The van der Waals surface area contributed by atoms with E-state index < -0.39 is 5.97 Å².